The summed E-state index contributed by atoms with van der Waals surface area (Å²) in [6.45, 7) is 8.24. The van der Waals surface area contributed by atoms with Crippen molar-refractivity contribution in [1.29, 1.82) is 0 Å². The number of nitrogens with zero attached hydrogens (tertiary/aromatic N) is 2. The lowest BCUT2D eigenvalue weighted by Gasteiger charge is -2.34. The fraction of sp³-hybridized carbons (Fsp3) is 0.304. The number of nitrogens with two attached hydrogens (primary N) is 1. The molecule has 1 aromatic heterocycles. The predicted octanol–water partition coefficient (Wildman–Crippen LogP) is 4.88. The highest BCUT2D eigenvalue weighted by Crippen LogP contribution is 2.30. The molecule has 0 radical (unpaired) electrons. The molecule has 1 aliphatic heterocycles. The molecule has 0 saturated carbocycles. The number of H-pyrrole nitrogens is 1. The van der Waals surface area contributed by atoms with E-state index in [1.165, 1.54) is 17.8 Å². The van der Waals surface area contributed by atoms with Gasteiger partial charge in [-0.15, -0.1) is 0 Å². The summed E-state index contributed by atoms with van der Waals surface area (Å²) in [6, 6.07) is 12.8. The number of nitrogens with one attached hydrogen (secondary N) is 4. The van der Waals surface area contributed by atoms with Crippen LogP contribution in [0.15, 0.2) is 59.0 Å². The number of imidazole rings is 1. The Bertz CT molecular complexity index is 1230. The second kappa shape index (κ2) is 7.72. The molecule has 6 N–H and O–H groups in total. The number of aliphatic imine (C=N–C) groups is 1. The number of allylic oxidation sites excluding steroid dienone is 1. The third-order valence-corrected chi connectivity index (χ3v) is 5.28. The molecule has 3 aromatic rings. The van der Waals surface area contributed by atoms with Gasteiger partial charge in [-0.05, 0) is 48.2 Å². The first-order valence-electron chi connectivity index (χ1n) is 10.4. The quantitative estimate of drug-likeness (QED) is 0.384. The van der Waals surface area contributed by atoms with Gasteiger partial charge in [0.25, 0.3) is 0 Å². The molecule has 0 saturated heterocycles. The summed E-state index contributed by atoms with van der Waals surface area (Å²) in [5.74, 6) is -1.46. The van der Waals surface area contributed by atoms with Crippen molar-refractivity contribution in [3.63, 3.8) is 0 Å². The highest BCUT2D eigenvalue weighted by atomic mass is 19.4. The van der Waals surface area contributed by atoms with Gasteiger partial charge in [-0.3, -0.25) is 0 Å². The lowest BCUT2D eigenvalue weighted by molar-refractivity contribution is -0.144. The van der Waals surface area contributed by atoms with E-state index in [0.717, 1.165) is 5.69 Å². The van der Waals surface area contributed by atoms with Crippen molar-refractivity contribution in [2.24, 2.45) is 10.7 Å². The molecular formula is C23H26F3N7. The lowest BCUT2D eigenvalue weighted by Crippen LogP contribution is -2.51. The van der Waals surface area contributed by atoms with Gasteiger partial charge >= 0.3 is 6.18 Å². The number of aromatic nitrogens is 2. The highest BCUT2D eigenvalue weighted by molar-refractivity contribution is 5.82. The summed E-state index contributed by atoms with van der Waals surface area (Å²) in [5.41, 5.74) is 9.70. The van der Waals surface area contributed by atoms with Crippen LogP contribution >= 0.6 is 0 Å². The summed E-state index contributed by atoms with van der Waals surface area (Å²) < 4.78 is 38.8. The number of alkyl halides is 3. The van der Waals surface area contributed by atoms with Gasteiger partial charge in [-0.25, -0.2) is 9.98 Å². The third kappa shape index (κ3) is 4.89. The predicted molar refractivity (Wildman–Crippen MR) is 125 cm³/mol. The first-order valence-corrected chi connectivity index (χ1v) is 10.4. The molecule has 174 valence electrons. The van der Waals surface area contributed by atoms with E-state index in [0.29, 0.717) is 17.2 Å². The van der Waals surface area contributed by atoms with Crippen molar-refractivity contribution >= 4 is 28.6 Å². The van der Waals surface area contributed by atoms with Crippen LogP contribution in [-0.4, -0.2) is 22.0 Å². The molecule has 10 heteroatoms. The van der Waals surface area contributed by atoms with Crippen LogP contribution in [0.5, 0.6) is 0 Å². The molecule has 0 aliphatic carbocycles. The number of anilines is 2. The Kier molecular flexibility index (Phi) is 5.26. The van der Waals surface area contributed by atoms with Crippen LogP contribution in [-0.2, 0) is 11.6 Å². The van der Waals surface area contributed by atoms with Crippen molar-refractivity contribution in [2.75, 3.05) is 10.6 Å². The minimum Gasteiger partial charge on any atom is -0.395 e. The van der Waals surface area contributed by atoms with Gasteiger partial charge in [0.1, 0.15) is 5.82 Å². The summed E-state index contributed by atoms with van der Waals surface area (Å²) in [7, 11) is 0. The van der Waals surface area contributed by atoms with Crippen LogP contribution in [0.25, 0.3) is 11.0 Å². The fourth-order valence-electron chi connectivity index (χ4n) is 3.48. The van der Waals surface area contributed by atoms with E-state index >= 15 is 0 Å². The number of halogens is 3. The van der Waals surface area contributed by atoms with Gasteiger partial charge in [0.2, 0.25) is 11.6 Å². The number of rotatable bonds is 4. The van der Waals surface area contributed by atoms with Crippen molar-refractivity contribution in [3.05, 3.63) is 65.4 Å². The average molecular weight is 458 g/mol. The number of hydrogen-bond donors (Lipinski definition) is 5. The maximum atomic E-state index is 12.9. The van der Waals surface area contributed by atoms with Gasteiger partial charge in [0, 0.05) is 11.4 Å². The summed E-state index contributed by atoms with van der Waals surface area (Å²) in [6.07, 6.45) is -3.01. The van der Waals surface area contributed by atoms with Gasteiger partial charge < -0.3 is 26.7 Å². The standard InChI is InChI=1S/C23H26F3N7/c1-21(2,3)13-5-7-14(8-6-13)29-19-16(27)12-28-22(4,33-19)32-15-9-10-17-18(11-15)31-20(30-17)23(24,25)26/h5-12,29,32-33H,27H2,1-4H3,(H,30,31). The van der Waals surface area contributed by atoms with Gasteiger partial charge in [-0.1, -0.05) is 32.9 Å². The molecule has 0 bridgehead atoms. The van der Waals surface area contributed by atoms with E-state index in [1.807, 2.05) is 12.1 Å². The summed E-state index contributed by atoms with van der Waals surface area (Å²) in [4.78, 5) is 10.3. The number of aromatic amines is 1. The topological polar surface area (TPSA) is 103 Å². The Hall–Kier alpha value is -3.69. The third-order valence-electron chi connectivity index (χ3n) is 5.28. The lowest BCUT2D eigenvalue weighted by atomic mass is 9.87. The minimum atomic E-state index is -4.54. The van der Waals surface area contributed by atoms with Crippen LogP contribution in [0.1, 0.15) is 39.1 Å². The van der Waals surface area contributed by atoms with E-state index in [4.69, 9.17) is 5.73 Å². The van der Waals surface area contributed by atoms with E-state index in [1.54, 1.807) is 19.1 Å². The van der Waals surface area contributed by atoms with E-state index in [-0.39, 0.29) is 16.4 Å². The highest BCUT2D eigenvalue weighted by Gasteiger charge is 2.35. The number of hydrogen-bond acceptors (Lipinski definition) is 6. The monoisotopic (exact) mass is 457 g/mol. The Morgan fingerprint density at radius 1 is 1.00 bits per heavy atom. The smallest absolute Gasteiger partial charge is 0.395 e. The molecule has 1 unspecified atom stereocenters. The molecule has 4 rings (SSSR count). The molecule has 1 aliphatic rings. The number of fused-ring (bicyclic) bond motifs is 1. The van der Waals surface area contributed by atoms with Crippen LogP contribution in [0.2, 0.25) is 0 Å². The van der Waals surface area contributed by atoms with Crippen molar-refractivity contribution < 1.29 is 13.2 Å². The zero-order valence-corrected chi connectivity index (χ0v) is 18.7. The number of benzene rings is 2. The normalized spacial score (nSPS) is 19.0. The van der Waals surface area contributed by atoms with Gasteiger partial charge in [-0.2, -0.15) is 13.2 Å². The fourth-order valence-corrected chi connectivity index (χ4v) is 3.48. The average Bonchev–Trinajstić information content (AvgIpc) is 3.15. The van der Waals surface area contributed by atoms with Crippen molar-refractivity contribution in [1.82, 2.24) is 15.3 Å². The summed E-state index contributed by atoms with van der Waals surface area (Å²) in [5, 5.41) is 9.69. The van der Waals surface area contributed by atoms with Crippen molar-refractivity contribution in [2.45, 2.75) is 45.1 Å². The first kappa shape index (κ1) is 22.5. The molecule has 2 heterocycles. The Balaban J connectivity index is 1.51. The Morgan fingerprint density at radius 2 is 1.67 bits per heavy atom. The molecule has 2 aromatic carbocycles. The minimum absolute atomic E-state index is 0.0473. The van der Waals surface area contributed by atoms with Crippen LogP contribution in [0.4, 0.5) is 24.5 Å². The van der Waals surface area contributed by atoms with E-state index < -0.39 is 17.8 Å². The Morgan fingerprint density at radius 3 is 2.30 bits per heavy atom. The van der Waals surface area contributed by atoms with E-state index in [2.05, 4.69) is 63.8 Å². The van der Waals surface area contributed by atoms with Gasteiger partial charge in [0.15, 0.2) is 0 Å². The largest absolute Gasteiger partial charge is 0.449 e. The molecule has 7 nitrogen and oxygen atoms in total. The Labute approximate surface area is 189 Å². The van der Waals surface area contributed by atoms with Crippen LogP contribution in [0.3, 0.4) is 0 Å². The van der Waals surface area contributed by atoms with E-state index in [9.17, 15) is 13.2 Å². The molecule has 1 atom stereocenters. The van der Waals surface area contributed by atoms with Crippen molar-refractivity contribution in [3.8, 4) is 0 Å². The van der Waals surface area contributed by atoms with Crippen LogP contribution < -0.4 is 21.7 Å². The molecule has 0 fully saturated rings. The molecular weight excluding hydrogens is 431 g/mol. The molecule has 0 amide bonds. The summed E-state index contributed by atoms with van der Waals surface area (Å²) >= 11 is 0. The molecule has 0 spiro atoms. The van der Waals surface area contributed by atoms with Crippen LogP contribution in [0, 0.1) is 0 Å². The zero-order chi connectivity index (χ0) is 24.0. The van der Waals surface area contributed by atoms with Gasteiger partial charge in [0.05, 0.1) is 22.9 Å². The maximum Gasteiger partial charge on any atom is 0.449 e. The SMILES string of the molecule is CC1(Nc2ccc3nc(C(F)(F)F)[nH]c3c2)N=CC(N)=C(Nc2ccc(C(C)(C)C)cc2)N1. The zero-order valence-electron chi connectivity index (χ0n) is 18.7. The second-order valence-electron chi connectivity index (χ2n) is 9.18. The second-order valence-corrected chi connectivity index (χ2v) is 9.18. The maximum absolute atomic E-state index is 12.9. The molecule has 33 heavy (non-hydrogen) atoms. The first-order chi connectivity index (χ1) is 15.3.